The molecule has 0 saturated carbocycles. The molecule has 2 aromatic rings. The number of aryl methyl sites for hydroxylation is 1. The molecule has 0 aliphatic heterocycles. The molecule has 1 atom stereocenters. The van der Waals surface area contributed by atoms with Gasteiger partial charge in [-0.05, 0) is 56.9 Å². The first-order valence-corrected chi connectivity index (χ1v) is 10.1. The molecule has 0 fully saturated rings. The van der Waals surface area contributed by atoms with Crippen LogP contribution in [-0.4, -0.2) is 37.4 Å². The lowest BCUT2D eigenvalue weighted by molar-refractivity contribution is -0.143. The van der Waals surface area contributed by atoms with Crippen LogP contribution < -0.4 is 10.1 Å². The van der Waals surface area contributed by atoms with E-state index in [1.807, 2.05) is 42.5 Å². The van der Waals surface area contributed by atoms with Crippen LogP contribution in [0.15, 0.2) is 54.6 Å². The highest BCUT2D eigenvalue weighted by molar-refractivity contribution is 5.81. The van der Waals surface area contributed by atoms with E-state index in [1.54, 1.807) is 20.8 Å². The molecule has 2 aromatic carbocycles. The van der Waals surface area contributed by atoms with Gasteiger partial charge in [0.15, 0.2) is 0 Å². The number of alkyl carbamates (subject to hydrolysis) is 1. The van der Waals surface area contributed by atoms with Crippen LogP contribution in [0.5, 0.6) is 5.75 Å². The fraction of sp³-hybridized carbons (Fsp3) is 0.417. The minimum Gasteiger partial charge on any atom is -0.494 e. The van der Waals surface area contributed by atoms with Crippen LogP contribution in [0.25, 0.3) is 0 Å². The van der Waals surface area contributed by atoms with E-state index in [9.17, 15) is 9.59 Å². The molecule has 6 nitrogen and oxygen atoms in total. The Bertz CT molecular complexity index is 797. The average molecular weight is 414 g/mol. The molecule has 162 valence electrons. The number of rotatable bonds is 9. The summed E-state index contributed by atoms with van der Waals surface area (Å²) in [5.41, 5.74) is 1.52. The van der Waals surface area contributed by atoms with Gasteiger partial charge in [0.1, 0.15) is 17.4 Å². The molecule has 2 rings (SSSR count). The van der Waals surface area contributed by atoms with E-state index in [2.05, 4.69) is 17.4 Å². The maximum Gasteiger partial charge on any atom is 0.408 e. The number of hydrogen-bond donors (Lipinski definition) is 1. The molecule has 1 unspecified atom stereocenters. The number of esters is 1. The van der Waals surface area contributed by atoms with Crippen molar-refractivity contribution in [2.24, 2.45) is 0 Å². The molecule has 0 aliphatic carbocycles. The molecule has 0 aromatic heterocycles. The van der Waals surface area contributed by atoms with Crippen molar-refractivity contribution in [1.82, 2.24) is 5.32 Å². The van der Waals surface area contributed by atoms with Crippen molar-refractivity contribution < 1.29 is 23.8 Å². The molecule has 1 amide bonds. The summed E-state index contributed by atoms with van der Waals surface area (Å²) >= 11 is 0. The molecular formula is C24H31NO5. The van der Waals surface area contributed by atoms with Gasteiger partial charge in [0.25, 0.3) is 0 Å². The van der Waals surface area contributed by atoms with Crippen molar-refractivity contribution in [3.05, 3.63) is 65.7 Å². The monoisotopic (exact) mass is 413 g/mol. The van der Waals surface area contributed by atoms with Crippen molar-refractivity contribution in [3.63, 3.8) is 0 Å². The van der Waals surface area contributed by atoms with E-state index in [1.165, 1.54) is 12.7 Å². The Morgan fingerprint density at radius 2 is 1.63 bits per heavy atom. The van der Waals surface area contributed by atoms with Crippen LogP contribution in [-0.2, 0) is 27.1 Å². The molecule has 0 heterocycles. The van der Waals surface area contributed by atoms with Crippen molar-refractivity contribution in [2.75, 3.05) is 13.7 Å². The Labute approximate surface area is 178 Å². The van der Waals surface area contributed by atoms with Crippen LogP contribution in [0.1, 0.15) is 38.3 Å². The van der Waals surface area contributed by atoms with Gasteiger partial charge in [-0.15, -0.1) is 0 Å². The van der Waals surface area contributed by atoms with Gasteiger partial charge in [0.2, 0.25) is 0 Å². The van der Waals surface area contributed by atoms with Gasteiger partial charge < -0.3 is 19.5 Å². The quantitative estimate of drug-likeness (QED) is 0.490. The largest absolute Gasteiger partial charge is 0.494 e. The predicted octanol–water partition coefficient (Wildman–Crippen LogP) is 4.31. The van der Waals surface area contributed by atoms with Crippen molar-refractivity contribution in [1.29, 1.82) is 0 Å². The van der Waals surface area contributed by atoms with Gasteiger partial charge in [-0.3, -0.25) is 0 Å². The first-order chi connectivity index (χ1) is 14.3. The Kier molecular flexibility index (Phi) is 8.71. The van der Waals surface area contributed by atoms with E-state index in [-0.39, 0.29) is 0 Å². The van der Waals surface area contributed by atoms with Crippen LogP contribution in [0.2, 0.25) is 0 Å². The van der Waals surface area contributed by atoms with E-state index in [4.69, 9.17) is 14.2 Å². The molecule has 0 spiro atoms. The highest BCUT2D eigenvalue weighted by atomic mass is 16.6. The maximum absolute atomic E-state index is 12.1. The van der Waals surface area contributed by atoms with Crippen molar-refractivity contribution >= 4 is 12.1 Å². The van der Waals surface area contributed by atoms with Crippen molar-refractivity contribution in [3.8, 4) is 5.75 Å². The summed E-state index contributed by atoms with van der Waals surface area (Å²) in [5, 5.41) is 2.58. The number of carbonyl (C=O) groups excluding carboxylic acids is 2. The van der Waals surface area contributed by atoms with Gasteiger partial charge in [0.05, 0.1) is 13.7 Å². The molecule has 30 heavy (non-hydrogen) atoms. The second kappa shape index (κ2) is 11.2. The summed E-state index contributed by atoms with van der Waals surface area (Å²) in [6.07, 6.45) is 1.53. The first kappa shape index (κ1) is 23.3. The number of hydrogen-bond acceptors (Lipinski definition) is 5. The summed E-state index contributed by atoms with van der Waals surface area (Å²) in [4.78, 5) is 24.1. The highest BCUT2D eigenvalue weighted by Crippen LogP contribution is 2.15. The number of nitrogens with one attached hydrogen (secondary N) is 1. The number of carbonyl (C=O) groups is 2. The average Bonchev–Trinajstić information content (AvgIpc) is 2.70. The molecule has 0 bridgehead atoms. The Hall–Kier alpha value is -3.02. The molecular weight excluding hydrogens is 382 g/mol. The Morgan fingerprint density at radius 1 is 0.967 bits per heavy atom. The van der Waals surface area contributed by atoms with Crippen LogP contribution >= 0.6 is 0 Å². The predicted molar refractivity (Wildman–Crippen MR) is 116 cm³/mol. The molecule has 6 heteroatoms. The fourth-order valence-electron chi connectivity index (χ4n) is 2.85. The van der Waals surface area contributed by atoms with E-state index in [0.29, 0.717) is 13.0 Å². The number of ether oxygens (including phenoxy) is 3. The lowest BCUT2D eigenvalue weighted by Gasteiger charge is -2.22. The molecule has 0 radical (unpaired) electrons. The fourth-order valence-corrected chi connectivity index (χ4v) is 2.85. The summed E-state index contributed by atoms with van der Waals surface area (Å²) < 4.78 is 15.8. The molecule has 1 N–H and O–H groups in total. The number of methoxy groups -OCH3 is 1. The second-order valence-corrected chi connectivity index (χ2v) is 8.01. The van der Waals surface area contributed by atoms with Gasteiger partial charge >= 0.3 is 12.1 Å². The van der Waals surface area contributed by atoms with E-state index < -0.39 is 23.7 Å². The number of benzene rings is 2. The van der Waals surface area contributed by atoms with Gasteiger partial charge in [-0.2, -0.15) is 0 Å². The summed E-state index contributed by atoms with van der Waals surface area (Å²) in [6, 6.07) is 16.9. The first-order valence-electron chi connectivity index (χ1n) is 10.1. The maximum atomic E-state index is 12.1. The minimum absolute atomic E-state index is 0.292. The standard InChI is InChI=1S/C24H31NO5/c1-24(2,3)30-23(27)25-21(22(26)28-4)17-19-12-14-20(15-13-19)29-16-8-11-18-9-6-5-7-10-18/h5-7,9-10,12-15,21H,8,11,16-17H2,1-4H3,(H,25,27). The Morgan fingerprint density at radius 3 is 2.23 bits per heavy atom. The summed E-state index contributed by atoms with van der Waals surface area (Å²) in [7, 11) is 1.29. The van der Waals surface area contributed by atoms with Gasteiger partial charge in [0, 0.05) is 6.42 Å². The lowest BCUT2D eigenvalue weighted by atomic mass is 10.1. The summed E-state index contributed by atoms with van der Waals surface area (Å²) in [6.45, 7) is 5.91. The zero-order valence-corrected chi connectivity index (χ0v) is 18.1. The van der Waals surface area contributed by atoms with E-state index >= 15 is 0 Å². The zero-order chi connectivity index (χ0) is 22.0. The Balaban J connectivity index is 1.85. The smallest absolute Gasteiger partial charge is 0.408 e. The minimum atomic E-state index is -0.831. The van der Waals surface area contributed by atoms with Gasteiger partial charge in [-0.25, -0.2) is 9.59 Å². The topological polar surface area (TPSA) is 73.9 Å². The normalized spacial score (nSPS) is 12.0. The third-order valence-corrected chi connectivity index (χ3v) is 4.26. The van der Waals surface area contributed by atoms with Gasteiger partial charge in [-0.1, -0.05) is 42.5 Å². The molecule has 0 aliphatic rings. The number of amides is 1. The SMILES string of the molecule is COC(=O)C(Cc1ccc(OCCCc2ccccc2)cc1)NC(=O)OC(C)(C)C. The lowest BCUT2D eigenvalue weighted by Crippen LogP contribution is -2.45. The van der Waals surface area contributed by atoms with Crippen LogP contribution in [0.3, 0.4) is 0 Å². The third-order valence-electron chi connectivity index (χ3n) is 4.26. The van der Waals surface area contributed by atoms with Crippen molar-refractivity contribution in [2.45, 2.75) is 51.7 Å². The van der Waals surface area contributed by atoms with E-state index in [0.717, 1.165) is 24.2 Å². The highest BCUT2D eigenvalue weighted by Gasteiger charge is 2.25. The summed E-state index contributed by atoms with van der Waals surface area (Å²) in [5.74, 6) is 0.239. The molecule has 0 saturated heterocycles. The van der Waals surface area contributed by atoms with Crippen LogP contribution in [0.4, 0.5) is 4.79 Å². The second-order valence-electron chi connectivity index (χ2n) is 8.01. The zero-order valence-electron chi connectivity index (χ0n) is 18.1. The third kappa shape index (κ3) is 8.55. The van der Waals surface area contributed by atoms with Crippen LogP contribution in [0, 0.1) is 0 Å².